The van der Waals surface area contributed by atoms with Gasteiger partial charge < -0.3 is 0 Å². The quantitative estimate of drug-likeness (QED) is 0.720. The molecule has 0 radical (unpaired) electrons. The van der Waals surface area contributed by atoms with Gasteiger partial charge >= 0.3 is 0 Å². The zero-order chi connectivity index (χ0) is 15.8. The lowest BCUT2D eigenvalue weighted by Crippen LogP contribution is -2.23. The first-order chi connectivity index (χ1) is 10.7. The van der Waals surface area contributed by atoms with Crippen LogP contribution in [0.1, 0.15) is 30.9 Å². The fraction of sp³-hybridized carbons (Fsp3) is 0.263. The Morgan fingerprint density at radius 2 is 1.55 bits per heavy atom. The van der Waals surface area contributed by atoms with E-state index >= 15 is 0 Å². The van der Waals surface area contributed by atoms with Crippen LogP contribution in [0.2, 0.25) is 0 Å². The molecule has 2 aromatic carbocycles. The molecule has 2 nitrogen and oxygen atoms in total. The van der Waals surface area contributed by atoms with E-state index in [1.54, 1.807) is 6.92 Å². The van der Waals surface area contributed by atoms with Crippen molar-refractivity contribution in [2.24, 2.45) is 4.99 Å². The van der Waals surface area contributed by atoms with Gasteiger partial charge in [0.05, 0.1) is 18.5 Å². The van der Waals surface area contributed by atoms with E-state index in [0.29, 0.717) is 12.8 Å². The van der Waals surface area contributed by atoms with Gasteiger partial charge in [-0.1, -0.05) is 60.7 Å². The first-order valence-electron chi connectivity index (χ1n) is 7.36. The predicted octanol–water partition coefficient (Wildman–Crippen LogP) is 4.56. The number of aliphatic imine (C=N–C) groups is 1. The lowest BCUT2D eigenvalue weighted by Gasteiger charge is -2.19. The van der Waals surface area contributed by atoms with Crippen LogP contribution >= 0.6 is 0 Å². The van der Waals surface area contributed by atoms with E-state index < -0.39 is 12.2 Å². The van der Waals surface area contributed by atoms with Gasteiger partial charge in [0.15, 0.2) is 0 Å². The molecule has 3 heteroatoms. The van der Waals surface area contributed by atoms with Crippen molar-refractivity contribution in [3.8, 4) is 6.07 Å². The average molecular weight is 294 g/mol. The van der Waals surface area contributed by atoms with Crippen molar-refractivity contribution in [3.05, 3.63) is 71.8 Å². The van der Waals surface area contributed by atoms with Crippen LogP contribution in [0.4, 0.5) is 4.39 Å². The summed E-state index contributed by atoms with van der Waals surface area (Å²) < 4.78 is 12.5. The van der Waals surface area contributed by atoms with Crippen LogP contribution in [0.15, 0.2) is 65.7 Å². The summed E-state index contributed by atoms with van der Waals surface area (Å²) in [5.74, 6) is 0. The van der Waals surface area contributed by atoms with Gasteiger partial charge in [0.2, 0.25) is 0 Å². The van der Waals surface area contributed by atoms with Crippen LogP contribution in [0, 0.1) is 11.3 Å². The molecule has 0 aliphatic heterocycles. The third-order valence-electron chi connectivity index (χ3n) is 3.49. The second-order valence-corrected chi connectivity index (χ2v) is 5.37. The summed E-state index contributed by atoms with van der Waals surface area (Å²) in [5.41, 5.74) is 1.75. The van der Waals surface area contributed by atoms with Gasteiger partial charge in [0, 0.05) is 11.1 Å². The van der Waals surface area contributed by atoms with Crippen molar-refractivity contribution in [2.45, 2.75) is 25.3 Å². The number of halogens is 1. The summed E-state index contributed by atoms with van der Waals surface area (Å²) in [5, 5.41) is 9.48. The molecule has 0 heterocycles. The van der Waals surface area contributed by atoms with Gasteiger partial charge in [0.1, 0.15) is 5.54 Å². The highest BCUT2D eigenvalue weighted by Gasteiger charge is 2.24. The molecule has 0 amide bonds. The predicted molar refractivity (Wildman–Crippen MR) is 87.8 cm³/mol. The summed E-state index contributed by atoms with van der Waals surface area (Å²) in [6.45, 7) is 1.33. The maximum absolute atomic E-state index is 12.5. The third kappa shape index (κ3) is 4.02. The average Bonchev–Trinajstić information content (AvgIpc) is 2.59. The summed E-state index contributed by atoms with van der Waals surface area (Å²) in [4.78, 5) is 4.69. The third-order valence-corrected chi connectivity index (χ3v) is 3.49. The van der Waals surface area contributed by atoms with Crippen LogP contribution in [0.25, 0.3) is 0 Å². The first kappa shape index (κ1) is 15.9. The molecule has 2 rings (SSSR count). The van der Waals surface area contributed by atoms with Gasteiger partial charge in [-0.15, -0.1) is 0 Å². The molecule has 0 N–H and O–H groups in total. The number of benzene rings is 2. The molecule has 0 saturated carbocycles. The Labute approximate surface area is 130 Å². The minimum atomic E-state index is -0.924. The van der Waals surface area contributed by atoms with Crippen molar-refractivity contribution in [2.75, 3.05) is 6.67 Å². The fourth-order valence-corrected chi connectivity index (χ4v) is 2.28. The van der Waals surface area contributed by atoms with E-state index in [0.717, 1.165) is 16.8 Å². The summed E-state index contributed by atoms with van der Waals surface area (Å²) >= 11 is 0. The van der Waals surface area contributed by atoms with E-state index in [-0.39, 0.29) is 0 Å². The van der Waals surface area contributed by atoms with Gasteiger partial charge in [-0.3, -0.25) is 9.38 Å². The lowest BCUT2D eigenvalue weighted by molar-refractivity contribution is 0.422. The summed E-state index contributed by atoms with van der Waals surface area (Å²) in [6, 6.07) is 21.8. The molecule has 0 bridgehead atoms. The van der Waals surface area contributed by atoms with Crippen LogP contribution in [0.3, 0.4) is 0 Å². The molecule has 0 spiro atoms. The van der Waals surface area contributed by atoms with E-state index in [1.807, 2.05) is 60.7 Å². The van der Waals surface area contributed by atoms with Gasteiger partial charge in [-0.25, -0.2) is 0 Å². The maximum atomic E-state index is 12.5. The SMILES string of the molecule is C[C@@](C#N)(CCCF)N=C(c1ccccc1)c1ccccc1. The van der Waals surface area contributed by atoms with Gasteiger partial charge in [-0.2, -0.15) is 5.26 Å². The van der Waals surface area contributed by atoms with Gasteiger partial charge in [-0.05, 0) is 19.8 Å². The van der Waals surface area contributed by atoms with Crippen LogP contribution < -0.4 is 0 Å². The molecule has 22 heavy (non-hydrogen) atoms. The molecule has 0 aliphatic carbocycles. The molecule has 0 fully saturated rings. The van der Waals surface area contributed by atoms with Crippen molar-refractivity contribution in [1.29, 1.82) is 5.26 Å². The molecule has 0 aliphatic rings. The second kappa shape index (κ2) is 7.51. The van der Waals surface area contributed by atoms with Crippen molar-refractivity contribution >= 4 is 5.71 Å². The molecule has 0 aromatic heterocycles. The largest absolute Gasteiger partial charge is 0.263 e. The van der Waals surface area contributed by atoms with E-state index in [4.69, 9.17) is 4.99 Å². The summed E-state index contributed by atoms with van der Waals surface area (Å²) in [6.07, 6.45) is 0.744. The zero-order valence-corrected chi connectivity index (χ0v) is 12.7. The Kier molecular flexibility index (Phi) is 5.43. The molecule has 1 atom stereocenters. The normalized spacial score (nSPS) is 13.0. The summed E-state index contributed by atoms with van der Waals surface area (Å²) in [7, 11) is 0. The highest BCUT2D eigenvalue weighted by atomic mass is 19.1. The van der Waals surface area contributed by atoms with Crippen LogP contribution in [-0.4, -0.2) is 17.9 Å². The topological polar surface area (TPSA) is 36.1 Å². The maximum Gasteiger partial charge on any atom is 0.144 e. The van der Waals surface area contributed by atoms with Crippen molar-refractivity contribution in [1.82, 2.24) is 0 Å². The Morgan fingerprint density at radius 1 is 1.05 bits per heavy atom. The number of hydrogen-bond acceptors (Lipinski definition) is 2. The fourth-order valence-electron chi connectivity index (χ4n) is 2.28. The highest BCUT2D eigenvalue weighted by Crippen LogP contribution is 2.21. The molecular weight excluding hydrogens is 275 g/mol. The number of alkyl halides is 1. The highest BCUT2D eigenvalue weighted by molar-refractivity contribution is 6.13. The Balaban J connectivity index is 2.49. The number of nitriles is 1. The number of hydrogen-bond donors (Lipinski definition) is 0. The monoisotopic (exact) mass is 294 g/mol. The number of nitrogens with zero attached hydrogens (tertiary/aromatic N) is 2. The second-order valence-electron chi connectivity index (χ2n) is 5.37. The molecule has 0 unspecified atom stereocenters. The Hall–Kier alpha value is -2.47. The van der Waals surface area contributed by atoms with Crippen LogP contribution in [0.5, 0.6) is 0 Å². The van der Waals surface area contributed by atoms with E-state index in [2.05, 4.69) is 6.07 Å². The molecule has 0 saturated heterocycles. The minimum Gasteiger partial charge on any atom is -0.263 e. The van der Waals surface area contributed by atoms with Gasteiger partial charge in [0.25, 0.3) is 0 Å². The molecular formula is C19H19FN2. The standard InChI is InChI=1S/C19H19FN2/c1-19(15-21,13-8-14-20)22-18(16-9-4-2-5-10-16)17-11-6-3-7-12-17/h2-7,9-12H,8,13-14H2,1H3/t19-/m0/s1. The molecule has 2 aromatic rings. The minimum absolute atomic E-state index is 0.338. The Bertz CT molecular complexity index is 617. The van der Waals surface area contributed by atoms with Crippen molar-refractivity contribution in [3.63, 3.8) is 0 Å². The first-order valence-corrected chi connectivity index (χ1v) is 7.36. The van der Waals surface area contributed by atoms with E-state index in [1.165, 1.54) is 0 Å². The molecule has 112 valence electrons. The lowest BCUT2D eigenvalue weighted by atomic mass is 9.96. The zero-order valence-electron chi connectivity index (χ0n) is 12.7. The van der Waals surface area contributed by atoms with Crippen LogP contribution in [-0.2, 0) is 0 Å². The smallest absolute Gasteiger partial charge is 0.144 e. The van der Waals surface area contributed by atoms with Crippen molar-refractivity contribution < 1.29 is 4.39 Å². The number of rotatable bonds is 6. The Morgan fingerprint density at radius 3 is 1.95 bits per heavy atom. The van der Waals surface area contributed by atoms with E-state index in [9.17, 15) is 9.65 Å².